The zero-order valence-corrected chi connectivity index (χ0v) is 12.1. The molecule has 0 saturated carbocycles. The van der Waals surface area contributed by atoms with Gasteiger partial charge in [0, 0.05) is 0 Å². The Labute approximate surface area is 89.1 Å². The van der Waals surface area contributed by atoms with E-state index in [-0.39, 0.29) is 6.10 Å². The summed E-state index contributed by atoms with van der Waals surface area (Å²) >= 11 is 0. The summed E-state index contributed by atoms with van der Waals surface area (Å²) in [5.74, 6) is 0. The van der Waals surface area contributed by atoms with E-state index in [2.05, 4.69) is 26.2 Å². The lowest BCUT2D eigenvalue weighted by Crippen LogP contribution is -2.68. The van der Waals surface area contributed by atoms with E-state index in [4.69, 9.17) is 15.9 Å². The van der Waals surface area contributed by atoms with Gasteiger partial charge in [-0.15, -0.1) is 0 Å². The van der Waals surface area contributed by atoms with Crippen molar-refractivity contribution in [3.8, 4) is 0 Å². The fourth-order valence-corrected chi connectivity index (χ4v) is 8.42. The molecule has 0 aromatic rings. The maximum atomic E-state index is 6.20. The second-order valence-electron chi connectivity index (χ2n) is 5.91. The van der Waals surface area contributed by atoms with E-state index >= 15 is 0 Å². The first-order valence-electron chi connectivity index (χ1n) is 5.32. The molecule has 0 bridgehead atoms. The minimum absolute atomic E-state index is 0.0599. The second kappa shape index (κ2) is 3.41. The van der Waals surface area contributed by atoms with Crippen LogP contribution in [0.4, 0.5) is 0 Å². The van der Waals surface area contributed by atoms with E-state index < -0.39 is 21.1 Å². The van der Waals surface area contributed by atoms with E-state index in [0.29, 0.717) is 0 Å². The summed E-state index contributed by atoms with van der Waals surface area (Å²) in [5, 5.41) is 0. The lowest BCUT2D eigenvalue weighted by molar-refractivity contribution is 0.108. The molecule has 1 atom stereocenters. The first-order chi connectivity index (χ1) is 6.06. The van der Waals surface area contributed by atoms with Crippen molar-refractivity contribution in [3.63, 3.8) is 0 Å². The third kappa shape index (κ3) is 2.28. The van der Waals surface area contributed by atoms with Crippen LogP contribution in [0, 0.1) is 0 Å². The van der Waals surface area contributed by atoms with Gasteiger partial charge in [0.25, 0.3) is 0 Å². The molecule has 1 saturated heterocycles. The predicted octanol–water partition coefficient (Wildman–Crippen LogP) is 1.40. The van der Waals surface area contributed by atoms with Gasteiger partial charge in [-0.05, 0) is 26.4 Å². The van der Waals surface area contributed by atoms with Crippen LogP contribution in [0.5, 0.6) is 0 Å². The van der Waals surface area contributed by atoms with Crippen LogP contribution >= 0.6 is 0 Å². The van der Waals surface area contributed by atoms with Gasteiger partial charge in [0.05, 0.1) is 19.4 Å². The van der Waals surface area contributed by atoms with Gasteiger partial charge in [-0.2, -0.15) is 0 Å². The number of rotatable bonds is 1. The molecule has 1 heterocycles. The fraction of sp³-hybridized carbons (Fsp3) is 1.00. The van der Waals surface area contributed by atoms with Gasteiger partial charge in [-0.25, -0.2) is 0 Å². The highest BCUT2D eigenvalue weighted by Crippen LogP contribution is 2.35. The minimum atomic E-state index is -1.51. The van der Waals surface area contributed by atoms with Crippen molar-refractivity contribution in [2.45, 2.75) is 57.3 Å². The molecular formula is C9H24N2OSi2. The Balaban J connectivity index is 2.78. The zero-order chi connectivity index (χ0) is 11.2. The molecule has 0 spiro atoms. The summed E-state index contributed by atoms with van der Waals surface area (Å²) in [6.07, 6.45) is 1.10. The summed E-state index contributed by atoms with van der Waals surface area (Å²) in [4.78, 5) is 0. The monoisotopic (exact) mass is 232 g/mol. The van der Waals surface area contributed by atoms with Crippen LogP contribution in [-0.2, 0) is 4.43 Å². The predicted molar refractivity (Wildman–Crippen MR) is 66.0 cm³/mol. The lowest BCUT2D eigenvalue weighted by atomic mass is 10.1. The molecule has 1 aliphatic rings. The molecule has 0 aliphatic carbocycles. The van der Waals surface area contributed by atoms with Crippen molar-refractivity contribution in [2.24, 2.45) is 11.5 Å². The molecule has 5 heteroatoms. The third-order valence-corrected chi connectivity index (χ3v) is 20.3. The van der Waals surface area contributed by atoms with Gasteiger partial charge in [0.15, 0.2) is 7.83 Å². The Kier molecular flexibility index (Phi) is 3.02. The highest BCUT2D eigenvalue weighted by atomic mass is 29.3. The van der Waals surface area contributed by atoms with Gasteiger partial charge in [0.2, 0.25) is 0 Å². The average Bonchev–Trinajstić information content (AvgIpc) is 1.92. The zero-order valence-electron chi connectivity index (χ0n) is 10.1. The van der Waals surface area contributed by atoms with Gasteiger partial charge in [-0.3, -0.25) is 0 Å². The summed E-state index contributed by atoms with van der Waals surface area (Å²) in [6.45, 7) is 11.4. The molecule has 0 aromatic carbocycles. The molecular weight excluding hydrogens is 208 g/mol. The molecule has 4 N–H and O–H groups in total. The van der Waals surface area contributed by atoms with E-state index in [1.807, 2.05) is 6.92 Å². The Morgan fingerprint density at radius 2 is 1.71 bits per heavy atom. The molecule has 0 radical (unpaired) electrons. The third-order valence-electron chi connectivity index (χ3n) is 3.79. The van der Waals surface area contributed by atoms with Crippen LogP contribution < -0.4 is 11.5 Å². The average molecular weight is 232 g/mol. The van der Waals surface area contributed by atoms with Crippen LogP contribution in [0.25, 0.3) is 0 Å². The van der Waals surface area contributed by atoms with Crippen LogP contribution in [0.2, 0.25) is 32.2 Å². The van der Waals surface area contributed by atoms with E-state index in [9.17, 15) is 0 Å². The van der Waals surface area contributed by atoms with Gasteiger partial charge >= 0.3 is 0 Å². The molecule has 3 nitrogen and oxygen atoms in total. The highest BCUT2D eigenvalue weighted by Gasteiger charge is 2.49. The Hall–Kier alpha value is 0.314. The number of nitrogens with two attached hydrogens (primary N) is 2. The molecule has 0 amide bonds. The summed E-state index contributed by atoms with van der Waals surface area (Å²) < 4.78 is 6.20. The topological polar surface area (TPSA) is 61.3 Å². The molecule has 84 valence electrons. The highest BCUT2D eigenvalue weighted by molar-refractivity contribution is 7.38. The standard InChI is InChI=1S/C9H24N2OSi2/c1-9(10,11)8-6-7-13(2,3)14(4,5)12-8/h8H,6-7,10-11H2,1-5H3. The molecule has 1 rings (SSSR count). The Morgan fingerprint density at radius 1 is 1.21 bits per heavy atom. The van der Waals surface area contributed by atoms with Crippen molar-refractivity contribution in [2.75, 3.05) is 0 Å². The van der Waals surface area contributed by atoms with Gasteiger partial charge in [-0.1, -0.05) is 19.1 Å². The smallest absolute Gasteiger partial charge is 0.174 e. The van der Waals surface area contributed by atoms with Crippen LogP contribution in [0.15, 0.2) is 0 Å². The molecule has 0 aromatic heterocycles. The first kappa shape index (κ1) is 12.4. The molecule has 14 heavy (non-hydrogen) atoms. The van der Waals surface area contributed by atoms with Crippen molar-refractivity contribution in [1.29, 1.82) is 0 Å². The lowest BCUT2D eigenvalue weighted by Gasteiger charge is -2.48. The Morgan fingerprint density at radius 3 is 2.07 bits per heavy atom. The minimum Gasteiger partial charge on any atom is -0.414 e. The fourth-order valence-electron chi connectivity index (χ4n) is 1.81. The molecule has 1 aliphatic heterocycles. The van der Waals surface area contributed by atoms with Crippen molar-refractivity contribution < 1.29 is 4.43 Å². The summed E-state index contributed by atoms with van der Waals surface area (Å²) in [5.41, 5.74) is 11.1. The van der Waals surface area contributed by atoms with Crippen LogP contribution in [0.1, 0.15) is 13.3 Å². The molecule has 1 fully saturated rings. The normalized spacial score (nSPS) is 31.5. The maximum absolute atomic E-state index is 6.20. The SMILES string of the molecule is CC(N)(N)C1CC[Si](C)(C)[Si](C)(C)O1. The van der Waals surface area contributed by atoms with Crippen molar-refractivity contribution >= 4 is 15.4 Å². The Bertz CT molecular complexity index is 223. The second-order valence-corrected chi connectivity index (χ2v) is 21.1. The maximum Gasteiger partial charge on any atom is 0.174 e. The van der Waals surface area contributed by atoms with Crippen LogP contribution in [-0.4, -0.2) is 27.2 Å². The van der Waals surface area contributed by atoms with E-state index in [1.54, 1.807) is 0 Å². The quantitative estimate of drug-likeness (QED) is 0.531. The van der Waals surface area contributed by atoms with Crippen LogP contribution in [0.3, 0.4) is 0 Å². The number of hydrogen-bond donors (Lipinski definition) is 2. The van der Waals surface area contributed by atoms with E-state index in [0.717, 1.165) is 6.42 Å². The number of hydrogen-bond acceptors (Lipinski definition) is 3. The van der Waals surface area contributed by atoms with Crippen molar-refractivity contribution in [1.82, 2.24) is 0 Å². The van der Waals surface area contributed by atoms with Crippen molar-refractivity contribution in [3.05, 3.63) is 0 Å². The summed E-state index contributed by atoms with van der Waals surface area (Å²) in [7, 11) is -2.65. The largest absolute Gasteiger partial charge is 0.414 e. The van der Waals surface area contributed by atoms with Gasteiger partial charge < -0.3 is 15.9 Å². The first-order valence-corrected chi connectivity index (χ1v) is 12.4. The molecule has 1 unspecified atom stereocenters. The van der Waals surface area contributed by atoms with Gasteiger partial charge in [0.1, 0.15) is 0 Å². The van der Waals surface area contributed by atoms with E-state index in [1.165, 1.54) is 6.04 Å². The summed E-state index contributed by atoms with van der Waals surface area (Å²) in [6, 6.07) is 1.31.